The number of hydrazine groups is 1. The molecule has 3 amide bonds. The van der Waals surface area contributed by atoms with Crippen molar-refractivity contribution in [2.24, 2.45) is 28.9 Å². The zero-order chi connectivity index (χ0) is 29.2. The number of nitrogens with two attached hydrogens (primary N) is 5. The standard InChI is InChI=1S/C24H36N8O4S.H4N2/c25-18-37-21-3-1-19(2-4-21)13-20-14-31(16-23(27)35)8-6-29(11-12-33)5-7-30(15-22(26)34)9-10-32(20)17-24(28)36;1-2/h1-4,12,20H,5-11,13-17H2,(H2,26,34)(H2,27,35)(H2,28,36);1-2H2. The second-order valence-electron chi connectivity index (χ2n) is 9.04. The van der Waals surface area contributed by atoms with Crippen LogP contribution in [-0.2, 0) is 25.6 Å². The molecule has 1 aliphatic heterocycles. The van der Waals surface area contributed by atoms with Gasteiger partial charge in [-0.05, 0) is 35.9 Å². The van der Waals surface area contributed by atoms with Crippen molar-refractivity contribution >= 4 is 35.8 Å². The van der Waals surface area contributed by atoms with Gasteiger partial charge in [-0.2, -0.15) is 5.26 Å². The molecular weight excluding hydrogens is 524 g/mol. The zero-order valence-corrected chi connectivity index (χ0v) is 22.9. The lowest BCUT2D eigenvalue weighted by molar-refractivity contribution is -0.122. The average Bonchev–Trinajstić information content (AvgIpc) is 2.88. The van der Waals surface area contributed by atoms with Crippen LogP contribution in [0.4, 0.5) is 0 Å². The maximum Gasteiger partial charge on any atom is 0.231 e. The maximum absolute atomic E-state index is 12.0. The molecule has 1 aromatic rings. The lowest BCUT2D eigenvalue weighted by atomic mass is 10.0. The SMILES string of the molecule is N#CSc1ccc(CC2CN(CC(N)=O)CCN(CC=O)CCN(CC(N)=O)CCN2CC(N)=O)cc1.NN. The molecule has 15 heteroatoms. The molecule has 0 spiro atoms. The number of rotatable bonds is 11. The van der Waals surface area contributed by atoms with Crippen LogP contribution in [0.2, 0.25) is 0 Å². The molecule has 2 rings (SSSR count). The molecule has 39 heavy (non-hydrogen) atoms. The number of thiocyanates is 1. The van der Waals surface area contributed by atoms with Gasteiger partial charge in [0.1, 0.15) is 11.7 Å². The molecule has 10 N–H and O–H groups in total. The summed E-state index contributed by atoms with van der Waals surface area (Å²) < 4.78 is 0. The van der Waals surface area contributed by atoms with Gasteiger partial charge in [-0.1, -0.05) is 12.1 Å². The van der Waals surface area contributed by atoms with Crippen molar-refractivity contribution in [3.8, 4) is 5.40 Å². The molecule has 1 aliphatic rings. The molecule has 216 valence electrons. The van der Waals surface area contributed by atoms with Gasteiger partial charge in [-0.25, -0.2) is 0 Å². The largest absolute Gasteiger partial charge is 0.369 e. The Morgan fingerprint density at radius 1 is 0.846 bits per heavy atom. The monoisotopic (exact) mass is 564 g/mol. The first-order chi connectivity index (χ1) is 18.7. The molecule has 0 aliphatic carbocycles. The number of hydrogen-bond donors (Lipinski definition) is 5. The van der Waals surface area contributed by atoms with E-state index in [1.807, 2.05) is 43.9 Å². The number of benzene rings is 1. The predicted molar refractivity (Wildman–Crippen MR) is 148 cm³/mol. The fraction of sp³-hybridized carbons (Fsp3) is 0.542. The molecule has 1 saturated heterocycles. The van der Waals surface area contributed by atoms with Gasteiger partial charge < -0.3 is 22.0 Å². The van der Waals surface area contributed by atoms with Crippen LogP contribution in [0.1, 0.15) is 5.56 Å². The third-order valence-electron chi connectivity index (χ3n) is 6.16. The lowest BCUT2D eigenvalue weighted by Gasteiger charge is -2.38. The molecule has 0 bridgehead atoms. The predicted octanol–water partition coefficient (Wildman–Crippen LogP) is -3.13. The molecule has 1 fully saturated rings. The van der Waals surface area contributed by atoms with Gasteiger partial charge in [0.15, 0.2) is 0 Å². The summed E-state index contributed by atoms with van der Waals surface area (Å²) in [5, 5.41) is 11.0. The molecular formula is C24H40N10O4S. The van der Waals surface area contributed by atoms with E-state index in [1.54, 1.807) is 0 Å². The molecule has 0 radical (unpaired) electrons. The molecule has 0 aromatic heterocycles. The second-order valence-corrected chi connectivity index (χ2v) is 9.90. The van der Waals surface area contributed by atoms with Crippen molar-refractivity contribution in [3.63, 3.8) is 0 Å². The van der Waals surface area contributed by atoms with E-state index in [0.717, 1.165) is 28.5 Å². The first-order valence-electron chi connectivity index (χ1n) is 12.4. The van der Waals surface area contributed by atoms with Gasteiger partial charge in [0.25, 0.3) is 0 Å². The number of nitrogens with zero attached hydrogens (tertiary/aromatic N) is 5. The Morgan fingerprint density at radius 3 is 1.90 bits per heavy atom. The fourth-order valence-electron chi connectivity index (χ4n) is 4.40. The third-order valence-corrected chi connectivity index (χ3v) is 6.76. The molecule has 0 saturated carbocycles. The van der Waals surface area contributed by atoms with E-state index in [1.165, 1.54) is 0 Å². The van der Waals surface area contributed by atoms with Gasteiger partial charge in [-0.15, -0.1) is 0 Å². The minimum Gasteiger partial charge on any atom is -0.369 e. The van der Waals surface area contributed by atoms with Crippen molar-refractivity contribution < 1.29 is 19.2 Å². The summed E-state index contributed by atoms with van der Waals surface area (Å²) in [5.41, 5.74) is 17.6. The minimum atomic E-state index is -0.488. The Balaban J connectivity index is 0.00000371. The van der Waals surface area contributed by atoms with Crippen molar-refractivity contribution in [2.75, 3.05) is 72.0 Å². The highest BCUT2D eigenvalue weighted by atomic mass is 32.2. The van der Waals surface area contributed by atoms with E-state index in [-0.39, 0.29) is 32.2 Å². The summed E-state index contributed by atoms with van der Waals surface area (Å²) in [7, 11) is 0. The minimum absolute atomic E-state index is 0.000869. The summed E-state index contributed by atoms with van der Waals surface area (Å²) in [4.78, 5) is 55.4. The van der Waals surface area contributed by atoms with Crippen LogP contribution >= 0.6 is 11.8 Å². The second kappa shape index (κ2) is 19.0. The number of hydrogen-bond acceptors (Lipinski definition) is 12. The van der Waals surface area contributed by atoms with Gasteiger partial charge in [0.05, 0.1) is 26.2 Å². The topological polar surface area (TPSA) is 235 Å². The van der Waals surface area contributed by atoms with E-state index in [9.17, 15) is 19.2 Å². The molecule has 1 unspecified atom stereocenters. The average molecular weight is 565 g/mol. The van der Waals surface area contributed by atoms with Crippen LogP contribution < -0.4 is 28.9 Å². The quantitative estimate of drug-likeness (QED) is 0.0590. The summed E-state index contributed by atoms with van der Waals surface area (Å²) in [6.07, 6.45) is 1.38. The van der Waals surface area contributed by atoms with Crippen molar-refractivity contribution in [2.45, 2.75) is 17.4 Å². The van der Waals surface area contributed by atoms with Crippen molar-refractivity contribution in [1.29, 1.82) is 5.26 Å². The normalized spacial score (nSPS) is 18.4. The van der Waals surface area contributed by atoms with Crippen LogP contribution in [0, 0.1) is 10.7 Å². The highest BCUT2D eigenvalue weighted by molar-refractivity contribution is 8.03. The summed E-state index contributed by atoms with van der Waals surface area (Å²) in [6, 6.07) is 7.38. The zero-order valence-electron chi connectivity index (χ0n) is 22.1. The number of thioether (sulfide) groups is 1. The van der Waals surface area contributed by atoms with E-state index < -0.39 is 17.7 Å². The highest BCUT2D eigenvalue weighted by Crippen LogP contribution is 2.19. The summed E-state index contributed by atoms with van der Waals surface area (Å²) in [6.45, 7) is 3.63. The van der Waals surface area contributed by atoms with Crippen LogP contribution in [0.15, 0.2) is 29.2 Å². The van der Waals surface area contributed by atoms with Gasteiger partial charge >= 0.3 is 0 Å². The highest BCUT2D eigenvalue weighted by Gasteiger charge is 2.26. The summed E-state index contributed by atoms with van der Waals surface area (Å²) >= 11 is 1.07. The first-order valence-corrected chi connectivity index (χ1v) is 13.2. The number of carbonyl (C=O) groups is 4. The van der Waals surface area contributed by atoms with Gasteiger partial charge in [0, 0.05) is 56.8 Å². The van der Waals surface area contributed by atoms with Crippen LogP contribution in [0.25, 0.3) is 0 Å². The Labute approximate surface area is 233 Å². The molecule has 1 atom stereocenters. The smallest absolute Gasteiger partial charge is 0.231 e. The van der Waals surface area contributed by atoms with E-state index in [0.29, 0.717) is 52.2 Å². The number of aldehydes is 1. The molecule has 1 heterocycles. The Hall–Kier alpha value is -3.10. The number of primary amides is 3. The molecule has 1 aromatic carbocycles. The summed E-state index contributed by atoms with van der Waals surface area (Å²) in [5.74, 6) is 6.58. The maximum atomic E-state index is 12.0. The van der Waals surface area contributed by atoms with Crippen LogP contribution in [-0.4, -0.2) is 122 Å². The lowest BCUT2D eigenvalue weighted by Crippen LogP contribution is -2.54. The van der Waals surface area contributed by atoms with Crippen molar-refractivity contribution in [3.05, 3.63) is 29.8 Å². The number of nitriles is 1. The Kier molecular flexibility index (Phi) is 16.6. The Bertz CT molecular complexity index is 959. The van der Waals surface area contributed by atoms with E-state index >= 15 is 0 Å². The third kappa shape index (κ3) is 14.0. The number of amides is 3. The number of carbonyl (C=O) groups excluding carboxylic acids is 4. The van der Waals surface area contributed by atoms with Crippen LogP contribution in [0.3, 0.4) is 0 Å². The fourth-order valence-corrected chi connectivity index (χ4v) is 4.77. The van der Waals surface area contributed by atoms with Crippen molar-refractivity contribution in [1.82, 2.24) is 19.6 Å². The molecule has 14 nitrogen and oxygen atoms in total. The Morgan fingerprint density at radius 2 is 1.36 bits per heavy atom. The van der Waals surface area contributed by atoms with E-state index in [2.05, 4.69) is 17.1 Å². The first kappa shape index (κ1) is 33.9. The van der Waals surface area contributed by atoms with Crippen LogP contribution in [0.5, 0.6) is 0 Å². The van der Waals surface area contributed by atoms with Gasteiger partial charge in [-0.3, -0.25) is 45.7 Å². The van der Waals surface area contributed by atoms with Gasteiger partial charge in [0.2, 0.25) is 17.7 Å². The van der Waals surface area contributed by atoms with E-state index in [4.69, 9.17) is 22.5 Å².